The third kappa shape index (κ3) is 3.17. The Hall–Kier alpha value is -4.20. The molecule has 4 aromatic rings. The molecule has 4 heterocycles. The molecule has 1 aliphatic rings. The number of aromatic amines is 1. The molecule has 5 rings (SSSR count). The summed E-state index contributed by atoms with van der Waals surface area (Å²) in [7, 11) is 1.61. The minimum Gasteiger partial charge on any atom is -0.503 e. The average molecular weight is 432 g/mol. The minimum atomic E-state index is -0.852. The fourth-order valence-corrected chi connectivity index (χ4v) is 4.13. The number of ether oxygens (including phenoxy) is 1. The number of methoxy groups -OCH3 is 1. The summed E-state index contributed by atoms with van der Waals surface area (Å²) in [6.45, 7) is 0.257. The third-order valence-corrected chi connectivity index (χ3v) is 5.70. The van der Waals surface area contributed by atoms with E-state index in [1.54, 1.807) is 25.3 Å². The Kier molecular flexibility index (Phi) is 4.82. The number of benzene rings is 1. The lowest BCUT2D eigenvalue weighted by Crippen LogP contribution is -2.32. The Morgan fingerprint density at radius 3 is 2.72 bits per heavy atom. The summed E-state index contributed by atoms with van der Waals surface area (Å²) in [6.07, 6.45) is 5.21. The zero-order valence-electron chi connectivity index (χ0n) is 17.2. The molecule has 8 heteroatoms. The van der Waals surface area contributed by atoms with Crippen LogP contribution in [-0.2, 0) is 11.2 Å². The smallest absolute Gasteiger partial charge is 0.290 e. The Morgan fingerprint density at radius 1 is 1.19 bits per heavy atom. The van der Waals surface area contributed by atoms with E-state index in [1.165, 1.54) is 23.5 Å². The number of carbonyl (C=O) groups excluding carboxylic acids is 2. The second-order valence-electron chi connectivity index (χ2n) is 7.46. The highest BCUT2D eigenvalue weighted by Crippen LogP contribution is 2.39. The predicted molar refractivity (Wildman–Crippen MR) is 114 cm³/mol. The quantitative estimate of drug-likeness (QED) is 0.424. The molecule has 0 unspecified atom stereocenters. The number of aromatic nitrogens is 1. The maximum atomic E-state index is 13.0. The number of hydrogen-bond acceptors (Lipinski definition) is 6. The summed E-state index contributed by atoms with van der Waals surface area (Å²) >= 11 is 0. The molecule has 0 saturated heterocycles. The fourth-order valence-electron chi connectivity index (χ4n) is 4.13. The van der Waals surface area contributed by atoms with Crippen molar-refractivity contribution in [3.8, 4) is 5.75 Å². The maximum absolute atomic E-state index is 13.0. The summed E-state index contributed by atoms with van der Waals surface area (Å²) in [5, 5.41) is 11.6. The highest BCUT2D eigenvalue weighted by molar-refractivity contribution is 6.14. The second kappa shape index (κ2) is 7.81. The van der Waals surface area contributed by atoms with Crippen molar-refractivity contribution in [1.29, 1.82) is 0 Å². The summed E-state index contributed by atoms with van der Waals surface area (Å²) in [6, 6.07) is 11.3. The Balaban J connectivity index is 1.47. The van der Waals surface area contributed by atoms with Crippen molar-refractivity contribution in [3.05, 3.63) is 89.6 Å². The van der Waals surface area contributed by atoms with Gasteiger partial charge >= 0.3 is 0 Å². The normalized spacial score (nSPS) is 16.3. The number of hydrogen-bond donors (Lipinski definition) is 2. The van der Waals surface area contributed by atoms with Crippen LogP contribution < -0.4 is 4.74 Å². The summed E-state index contributed by atoms with van der Waals surface area (Å²) in [5.41, 5.74) is 1.88. The molecule has 0 bridgehead atoms. The van der Waals surface area contributed by atoms with Gasteiger partial charge in [0.15, 0.2) is 11.5 Å². The lowest BCUT2D eigenvalue weighted by Gasteiger charge is -2.24. The molecule has 0 saturated carbocycles. The van der Waals surface area contributed by atoms with E-state index in [0.717, 1.165) is 22.2 Å². The predicted octanol–water partition coefficient (Wildman–Crippen LogP) is 4.18. The van der Waals surface area contributed by atoms with Crippen LogP contribution in [-0.4, -0.2) is 40.3 Å². The van der Waals surface area contributed by atoms with E-state index in [2.05, 4.69) is 4.98 Å². The standard InChI is InChI=1S/C24H20N2O6/c1-30-15-6-7-17-16(12-15)14(13-25-17)8-9-26-21(18-4-2-10-31-18)20(23(28)24(26)29)22(27)19-5-3-11-32-19/h2-7,10-13,21,25,28H,8-9H2,1H3/t21-/m1/s1. The largest absolute Gasteiger partial charge is 0.503 e. The first kappa shape index (κ1) is 19.7. The molecule has 1 amide bonds. The zero-order valence-corrected chi connectivity index (χ0v) is 17.2. The number of aliphatic hydroxyl groups excluding tert-OH is 1. The highest BCUT2D eigenvalue weighted by Gasteiger charge is 2.45. The van der Waals surface area contributed by atoms with E-state index in [9.17, 15) is 14.7 Å². The van der Waals surface area contributed by atoms with Crippen molar-refractivity contribution in [3.63, 3.8) is 0 Å². The highest BCUT2D eigenvalue weighted by atomic mass is 16.5. The van der Waals surface area contributed by atoms with Crippen LogP contribution in [0.15, 0.2) is 81.4 Å². The first-order valence-electron chi connectivity index (χ1n) is 10.1. The number of Topliss-reactive ketones (excluding diaryl/α,β-unsaturated/α-hetero) is 1. The average Bonchev–Trinajstić information content (AvgIpc) is 3.60. The minimum absolute atomic E-state index is 0.0430. The summed E-state index contributed by atoms with van der Waals surface area (Å²) in [5.74, 6) is -0.609. The number of furan rings is 2. The van der Waals surface area contributed by atoms with E-state index < -0.39 is 23.5 Å². The molecule has 0 aliphatic carbocycles. The van der Waals surface area contributed by atoms with Gasteiger partial charge in [-0.3, -0.25) is 9.59 Å². The van der Waals surface area contributed by atoms with Crippen LogP contribution in [0, 0.1) is 0 Å². The molecule has 1 aromatic carbocycles. The van der Waals surface area contributed by atoms with E-state index in [-0.39, 0.29) is 17.9 Å². The van der Waals surface area contributed by atoms with Crippen molar-refractivity contribution in [2.45, 2.75) is 12.5 Å². The molecule has 2 N–H and O–H groups in total. The Labute approximate surface area is 182 Å². The van der Waals surface area contributed by atoms with Gasteiger partial charge in [-0.1, -0.05) is 0 Å². The van der Waals surface area contributed by atoms with Crippen LogP contribution in [0.3, 0.4) is 0 Å². The van der Waals surface area contributed by atoms with Crippen molar-refractivity contribution in [1.82, 2.24) is 9.88 Å². The van der Waals surface area contributed by atoms with Gasteiger partial charge in [0.1, 0.15) is 17.6 Å². The summed E-state index contributed by atoms with van der Waals surface area (Å²) < 4.78 is 16.1. The van der Waals surface area contributed by atoms with E-state index >= 15 is 0 Å². The lowest BCUT2D eigenvalue weighted by atomic mass is 9.99. The molecule has 1 atom stereocenters. The van der Waals surface area contributed by atoms with Gasteiger partial charge in [0.05, 0.1) is 25.2 Å². The number of carbonyl (C=O) groups is 2. The molecule has 0 spiro atoms. The molecule has 0 radical (unpaired) electrons. The van der Waals surface area contributed by atoms with E-state index in [1.807, 2.05) is 24.4 Å². The van der Waals surface area contributed by atoms with Crippen molar-refractivity contribution < 1.29 is 28.3 Å². The zero-order chi connectivity index (χ0) is 22.2. The summed E-state index contributed by atoms with van der Waals surface area (Å²) in [4.78, 5) is 30.7. The third-order valence-electron chi connectivity index (χ3n) is 5.70. The topological polar surface area (TPSA) is 109 Å². The van der Waals surface area contributed by atoms with E-state index in [0.29, 0.717) is 12.2 Å². The van der Waals surface area contributed by atoms with Crippen LogP contribution >= 0.6 is 0 Å². The molecule has 162 valence electrons. The van der Waals surface area contributed by atoms with Gasteiger partial charge in [0, 0.05) is 23.6 Å². The van der Waals surface area contributed by atoms with Crippen LogP contribution in [0.25, 0.3) is 10.9 Å². The molecule has 1 aliphatic heterocycles. The monoisotopic (exact) mass is 432 g/mol. The van der Waals surface area contributed by atoms with Crippen molar-refractivity contribution in [2.75, 3.05) is 13.7 Å². The van der Waals surface area contributed by atoms with Crippen molar-refractivity contribution in [2.24, 2.45) is 0 Å². The molecule has 3 aromatic heterocycles. The van der Waals surface area contributed by atoms with Gasteiger partial charge in [0.25, 0.3) is 5.91 Å². The Bertz CT molecular complexity index is 1310. The number of amides is 1. The first-order valence-corrected chi connectivity index (χ1v) is 10.1. The SMILES string of the molecule is COc1ccc2[nH]cc(CCN3C(=O)C(O)=C(C(=O)c4ccco4)[C@H]3c3ccco3)c2c1. The van der Waals surface area contributed by atoms with Crippen LogP contribution in [0.2, 0.25) is 0 Å². The number of ketones is 1. The van der Waals surface area contributed by atoms with Crippen LogP contribution in [0.5, 0.6) is 5.75 Å². The second-order valence-corrected chi connectivity index (χ2v) is 7.46. The molecular formula is C24H20N2O6. The number of aliphatic hydroxyl groups is 1. The van der Waals surface area contributed by atoms with Crippen LogP contribution in [0.4, 0.5) is 0 Å². The number of rotatable bonds is 7. The number of nitrogens with zero attached hydrogens (tertiary/aromatic N) is 1. The van der Waals surface area contributed by atoms with E-state index in [4.69, 9.17) is 13.6 Å². The maximum Gasteiger partial charge on any atom is 0.290 e. The van der Waals surface area contributed by atoms with Gasteiger partial charge in [-0.15, -0.1) is 0 Å². The first-order chi connectivity index (χ1) is 15.6. The van der Waals surface area contributed by atoms with Gasteiger partial charge in [-0.25, -0.2) is 0 Å². The van der Waals surface area contributed by atoms with Gasteiger partial charge in [-0.05, 0) is 54.4 Å². The van der Waals surface area contributed by atoms with Gasteiger partial charge in [-0.2, -0.15) is 0 Å². The molecule has 8 nitrogen and oxygen atoms in total. The molecular weight excluding hydrogens is 412 g/mol. The van der Waals surface area contributed by atoms with Gasteiger partial charge in [0.2, 0.25) is 5.78 Å². The molecule has 0 fully saturated rings. The number of nitrogens with one attached hydrogen (secondary N) is 1. The number of fused-ring (bicyclic) bond motifs is 1. The lowest BCUT2D eigenvalue weighted by molar-refractivity contribution is -0.129. The van der Waals surface area contributed by atoms with Crippen LogP contribution in [0.1, 0.15) is 27.9 Å². The Morgan fingerprint density at radius 2 is 2.00 bits per heavy atom. The molecule has 32 heavy (non-hydrogen) atoms. The van der Waals surface area contributed by atoms with Gasteiger partial charge < -0.3 is 28.6 Å². The number of H-pyrrole nitrogens is 1. The fraction of sp³-hybridized carbons (Fsp3) is 0.167. The van der Waals surface area contributed by atoms with Crippen molar-refractivity contribution >= 4 is 22.6 Å².